The Morgan fingerprint density at radius 1 is 0.765 bits per heavy atom. The molecule has 0 amide bonds. The van der Waals surface area contributed by atoms with Crippen LogP contribution >= 0.6 is 0 Å². The van der Waals surface area contributed by atoms with E-state index in [-0.39, 0.29) is 20.1 Å². The number of pyridine rings is 2. The monoisotopic (exact) mass is 865 g/mol. The second-order valence-corrected chi connectivity index (χ2v) is 19.6. The third-order valence-electron chi connectivity index (χ3n) is 9.45. The summed E-state index contributed by atoms with van der Waals surface area (Å²) in [5, 5.41) is 3.74. The van der Waals surface area contributed by atoms with Gasteiger partial charge in [-0.05, 0) is 70.9 Å². The minimum absolute atomic E-state index is 0. The molecule has 0 unspecified atom stereocenters. The Kier molecular flexibility index (Phi) is 12.6. The van der Waals surface area contributed by atoms with Crippen molar-refractivity contribution in [3.63, 3.8) is 0 Å². The third kappa shape index (κ3) is 8.67. The standard InChI is InChI=1S/C28H24NO.C18H24NSi.Ir/c1-3-19(4-2)21-16-17-29-25(18-21)23-13-8-14-24-27-22(20-10-6-5-7-11-20)12-9-15-26(27)30-28(23)24;1-14(2)11-16-12-17(15-9-7-6-8-10-15)19-13-18(16)20(3,4)5;/h5-12,14-19H,3-4H2,1-2H3;6-9,12-14H,11H2,1-5H3;/q2*-1;. The fraction of sp³-hybridized carbons (Fsp3) is 0.261. The largest absolute Gasteiger partial charge is 0.501 e. The summed E-state index contributed by atoms with van der Waals surface area (Å²) in [5.74, 6) is 1.21. The summed E-state index contributed by atoms with van der Waals surface area (Å²) in [6.07, 6.45) is 7.40. The zero-order valence-corrected chi connectivity index (χ0v) is 34.3. The summed E-state index contributed by atoms with van der Waals surface area (Å²) in [7, 11) is -1.34. The fourth-order valence-electron chi connectivity index (χ4n) is 6.92. The summed E-state index contributed by atoms with van der Waals surface area (Å²) >= 11 is 0. The minimum atomic E-state index is -1.34. The van der Waals surface area contributed by atoms with Crippen molar-refractivity contribution in [2.45, 2.75) is 72.5 Å². The molecule has 3 aromatic heterocycles. The first-order chi connectivity index (χ1) is 24.2. The van der Waals surface area contributed by atoms with Gasteiger partial charge in [0.25, 0.3) is 0 Å². The van der Waals surface area contributed by atoms with Crippen LogP contribution in [-0.4, -0.2) is 18.0 Å². The van der Waals surface area contributed by atoms with Gasteiger partial charge in [-0.2, -0.15) is 0 Å². The number of furan rings is 1. The van der Waals surface area contributed by atoms with Crippen molar-refractivity contribution in [2.75, 3.05) is 0 Å². The SMILES string of the molecule is CC(C)Cc1cc(-c2[c-]cccc2)ncc1[Si](C)(C)C.CCC(CC)c1ccnc(-c2[c-]ccc3c2oc2cccc(-c4ccccc4)c23)c1.[Ir]. The van der Waals surface area contributed by atoms with Gasteiger partial charge in [-0.15, -0.1) is 54.1 Å². The number of hydrogen-bond donors (Lipinski definition) is 0. The molecular weight excluding hydrogens is 817 g/mol. The maximum Gasteiger partial charge on any atom is 0.121 e. The van der Waals surface area contributed by atoms with Crippen molar-refractivity contribution in [2.24, 2.45) is 5.92 Å². The van der Waals surface area contributed by atoms with Crippen LogP contribution in [0.5, 0.6) is 0 Å². The number of benzene rings is 4. The Morgan fingerprint density at radius 2 is 1.53 bits per heavy atom. The van der Waals surface area contributed by atoms with Gasteiger partial charge in [0.15, 0.2) is 0 Å². The average Bonchev–Trinajstić information content (AvgIpc) is 3.52. The molecule has 0 saturated carbocycles. The molecule has 7 aromatic rings. The van der Waals surface area contributed by atoms with Crippen LogP contribution in [0, 0.1) is 18.1 Å². The van der Waals surface area contributed by atoms with Gasteiger partial charge in [-0.25, -0.2) is 0 Å². The molecule has 1 radical (unpaired) electrons. The van der Waals surface area contributed by atoms with Crippen molar-refractivity contribution >= 4 is 35.2 Å². The Labute approximate surface area is 319 Å². The predicted molar refractivity (Wildman–Crippen MR) is 215 cm³/mol. The molecule has 0 N–H and O–H groups in total. The van der Waals surface area contributed by atoms with Crippen molar-refractivity contribution in [1.82, 2.24) is 9.97 Å². The molecule has 0 bridgehead atoms. The second kappa shape index (κ2) is 16.9. The molecule has 0 fully saturated rings. The van der Waals surface area contributed by atoms with E-state index in [4.69, 9.17) is 4.42 Å². The average molecular weight is 865 g/mol. The molecule has 5 heteroatoms. The summed E-state index contributed by atoms with van der Waals surface area (Å²) in [4.78, 5) is 9.36. The number of nitrogens with zero attached hydrogens (tertiary/aromatic N) is 2. The van der Waals surface area contributed by atoms with Crippen molar-refractivity contribution in [3.8, 4) is 33.6 Å². The van der Waals surface area contributed by atoms with E-state index in [1.54, 1.807) is 0 Å². The normalized spacial score (nSPS) is 11.5. The topological polar surface area (TPSA) is 38.9 Å². The maximum atomic E-state index is 6.38. The smallest absolute Gasteiger partial charge is 0.121 e. The van der Waals surface area contributed by atoms with Gasteiger partial charge in [0.2, 0.25) is 0 Å². The minimum Gasteiger partial charge on any atom is -0.501 e. The van der Waals surface area contributed by atoms with Gasteiger partial charge in [-0.3, -0.25) is 0 Å². The van der Waals surface area contributed by atoms with E-state index in [0.29, 0.717) is 11.8 Å². The van der Waals surface area contributed by atoms with Crippen molar-refractivity contribution in [3.05, 3.63) is 139 Å². The molecule has 3 heterocycles. The first-order valence-corrected chi connectivity index (χ1v) is 21.5. The van der Waals surface area contributed by atoms with Gasteiger partial charge in [-0.1, -0.05) is 124 Å². The zero-order chi connectivity index (χ0) is 35.3. The summed E-state index contributed by atoms with van der Waals surface area (Å²) < 4.78 is 6.38. The number of fused-ring (bicyclic) bond motifs is 3. The van der Waals surface area contributed by atoms with Gasteiger partial charge >= 0.3 is 0 Å². The molecule has 0 atom stereocenters. The summed E-state index contributed by atoms with van der Waals surface area (Å²) in [6, 6.07) is 42.2. The van der Waals surface area contributed by atoms with Crippen LogP contribution in [0.2, 0.25) is 19.6 Å². The van der Waals surface area contributed by atoms with E-state index >= 15 is 0 Å². The Morgan fingerprint density at radius 3 is 2.22 bits per heavy atom. The number of hydrogen-bond acceptors (Lipinski definition) is 3. The van der Waals surface area contributed by atoms with E-state index in [9.17, 15) is 0 Å². The number of rotatable bonds is 9. The fourth-order valence-corrected chi connectivity index (χ4v) is 8.51. The van der Waals surface area contributed by atoms with Crippen LogP contribution in [0.4, 0.5) is 0 Å². The van der Waals surface area contributed by atoms with Crippen molar-refractivity contribution < 1.29 is 24.5 Å². The Bertz CT molecular complexity index is 2180. The van der Waals surface area contributed by atoms with Gasteiger partial charge in [0, 0.05) is 37.9 Å². The zero-order valence-electron chi connectivity index (χ0n) is 30.9. The quantitative estimate of drug-likeness (QED) is 0.107. The second-order valence-electron chi connectivity index (χ2n) is 14.6. The van der Waals surface area contributed by atoms with Crippen molar-refractivity contribution in [1.29, 1.82) is 0 Å². The van der Waals surface area contributed by atoms with Crippen LogP contribution in [0.1, 0.15) is 57.6 Å². The first-order valence-electron chi connectivity index (χ1n) is 18.0. The van der Waals surface area contributed by atoms with Crippen LogP contribution in [-0.2, 0) is 26.5 Å². The maximum absolute atomic E-state index is 6.38. The molecule has 4 aromatic carbocycles. The van der Waals surface area contributed by atoms with E-state index in [1.807, 2.05) is 42.6 Å². The van der Waals surface area contributed by atoms with E-state index in [2.05, 4.69) is 142 Å². The molecule has 263 valence electrons. The first kappa shape index (κ1) is 38.1. The Hall–Kier alpha value is -4.15. The van der Waals surface area contributed by atoms with Crippen LogP contribution in [0.15, 0.2) is 120 Å². The van der Waals surface area contributed by atoms with Gasteiger partial charge in [0.05, 0.1) is 13.7 Å². The van der Waals surface area contributed by atoms with Crippen LogP contribution < -0.4 is 5.19 Å². The molecule has 7 rings (SSSR count). The molecular formula is C46H48IrN2OSi-2. The molecule has 0 aliphatic heterocycles. The van der Waals surface area contributed by atoms with Gasteiger partial charge < -0.3 is 14.4 Å². The summed E-state index contributed by atoms with van der Waals surface area (Å²) in [5.41, 5.74) is 10.9. The molecule has 51 heavy (non-hydrogen) atoms. The third-order valence-corrected chi connectivity index (χ3v) is 11.5. The summed E-state index contributed by atoms with van der Waals surface area (Å²) in [6.45, 7) is 16.2. The molecule has 3 nitrogen and oxygen atoms in total. The molecule has 0 spiro atoms. The molecule has 0 aliphatic carbocycles. The van der Waals surface area contributed by atoms with Crippen LogP contribution in [0.25, 0.3) is 55.6 Å². The predicted octanol–water partition coefficient (Wildman–Crippen LogP) is 12.3. The van der Waals surface area contributed by atoms with E-state index in [0.717, 1.165) is 63.7 Å². The van der Waals surface area contributed by atoms with E-state index in [1.165, 1.54) is 27.4 Å². The van der Waals surface area contributed by atoms with Crippen LogP contribution in [0.3, 0.4) is 0 Å². The van der Waals surface area contributed by atoms with Gasteiger partial charge in [0.1, 0.15) is 5.58 Å². The number of aromatic nitrogens is 2. The molecule has 0 aliphatic rings. The van der Waals surface area contributed by atoms with E-state index < -0.39 is 8.07 Å². The molecule has 0 saturated heterocycles. The Balaban J connectivity index is 0.000000211.